The normalized spacial score (nSPS) is 10.5. The highest BCUT2D eigenvalue weighted by atomic mass is 32.1. The molecular formula is C24H20N4O4S. The van der Waals surface area contributed by atoms with Crippen LogP contribution in [0.5, 0.6) is 11.6 Å². The third kappa shape index (κ3) is 5.78. The number of para-hydroxylation sites is 1. The van der Waals surface area contributed by atoms with Crippen LogP contribution < -0.4 is 10.1 Å². The monoisotopic (exact) mass is 460 g/mol. The number of carbonyl (C=O) groups is 2. The largest absolute Gasteiger partial charge is 0.454 e. The van der Waals surface area contributed by atoms with E-state index in [2.05, 4.69) is 27.4 Å². The van der Waals surface area contributed by atoms with Gasteiger partial charge in [0.1, 0.15) is 17.9 Å². The fourth-order valence-corrected chi connectivity index (χ4v) is 3.49. The molecule has 0 atom stereocenters. The summed E-state index contributed by atoms with van der Waals surface area (Å²) in [6.45, 7) is 1.93. The van der Waals surface area contributed by atoms with Crippen LogP contribution >= 0.6 is 11.3 Å². The van der Waals surface area contributed by atoms with E-state index < -0.39 is 5.97 Å². The van der Waals surface area contributed by atoms with Gasteiger partial charge >= 0.3 is 5.97 Å². The van der Waals surface area contributed by atoms with Gasteiger partial charge in [-0.05, 0) is 48.4 Å². The lowest BCUT2D eigenvalue weighted by Gasteiger charge is -2.09. The number of aryl methyl sites for hydroxylation is 1. The van der Waals surface area contributed by atoms with Crippen LogP contribution in [-0.4, -0.2) is 27.1 Å². The molecule has 9 heteroatoms. The number of rotatable bonds is 8. The predicted octanol–water partition coefficient (Wildman–Crippen LogP) is 4.90. The first-order chi connectivity index (χ1) is 16.1. The van der Waals surface area contributed by atoms with Gasteiger partial charge in [-0.25, -0.2) is 9.78 Å². The molecular weight excluding hydrogens is 440 g/mol. The summed E-state index contributed by atoms with van der Waals surface area (Å²) < 4.78 is 11.0. The lowest BCUT2D eigenvalue weighted by atomic mass is 10.1. The van der Waals surface area contributed by atoms with Crippen molar-refractivity contribution in [2.45, 2.75) is 20.0 Å². The average molecular weight is 461 g/mol. The number of pyridine rings is 1. The highest BCUT2D eigenvalue weighted by Gasteiger charge is 2.18. The van der Waals surface area contributed by atoms with Crippen LogP contribution in [0.25, 0.3) is 0 Å². The smallest absolute Gasteiger partial charge is 0.344 e. The van der Waals surface area contributed by atoms with Gasteiger partial charge in [0.05, 0.1) is 0 Å². The van der Waals surface area contributed by atoms with E-state index in [0.29, 0.717) is 16.4 Å². The minimum absolute atomic E-state index is 0.130. The van der Waals surface area contributed by atoms with E-state index in [4.69, 9.17) is 9.47 Å². The molecule has 0 aliphatic carbocycles. The van der Waals surface area contributed by atoms with Crippen LogP contribution in [-0.2, 0) is 17.8 Å². The van der Waals surface area contributed by atoms with Crippen molar-refractivity contribution in [2.75, 3.05) is 5.32 Å². The Hall–Kier alpha value is -4.11. The molecule has 0 saturated carbocycles. The number of hydrogen-bond acceptors (Lipinski definition) is 8. The highest BCUT2D eigenvalue weighted by molar-refractivity contribution is 7.13. The molecule has 1 amide bonds. The molecule has 1 N–H and O–H groups in total. The van der Waals surface area contributed by atoms with E-state index >= 15 is 0 Å². The van der Waals surface area contributed by atoms with E-state index in [1.807, 2.05) is 42.5 Å². The number of nitrogens with one attached hydrogen (secondary N) is 1. The highest BCUT2D eigenvalue weighted by Crippen LogP contribution is 2.24. The summed E-state index contributed by atoms with van der Waals surface area (Å²) in [6, 6.07) is 19.8. The Balaban J connectivity index is 1.36. The second-order valence-electron chi connectivity index (χ2n) is 6.85. The van der Waals surface area contributed by atoms with Crippen molar-refractivity contribution in [3.8, 4) is 11.6 Å². The van der Waals surface area contributed by atoms with Crippen LogP contribution in [0, 0.1) is 0 Å². The van der Waals surface area contributed by atoms with Gasteiger partial charge in [0, 0.05) is 11.9 Å². The number of nitrogens with zero attached hydrogens (tertiary/aromatic N) is 3. The van der Waals surface area contributed by atoms with Gasteiger partial charge in [0.25, 0.3) is 5.91 Å². The Labute approximate surface area is 194 Å². The van der Waals surface area contributed by atoms with Gasteiger partial charge in [0.15, 0.2) is 5.01 Å². The van der Waals surface area contributed by atoms with E-state index in [0.717, 1.165) is 17.8 Å². The Kier molecular flexibility index (Phi) is 7.01. The molecule has 0 saturated heterocycles. The molecule has 2 heterocycles. The van der Waals surface area contributed by atoms with Gasteiger partial charge in [-0.3, -0.25) is 4.79 Å². The number of carbonyl (C=O) groups excluding carboxylic acids is 2. The van der Waals surface area contributed by atoms with Crippen molar-refractivity contribution in [3.63, 3.8) is 0 Å². The summed E-state index contributed by atoms with van der Waals surface area (Å²) in [7, 11) is 0. The third-order valence-electron chi connectivity index (χ3n) is 4.56. The summed E-state index contributed by atoms with van der Waals surface area (Å²) in [4.78, 5) is 29.1. The zero-order valence-corrected chi connectivity index (χ0v) is 18.5. The number of ether oxygens (including phenoxy) is 2. The quantitative estimate of drug-likeness (QED) is 0.373. The Morgan fingerprint density at radius 3 is 2.52 bits per heavy atom. The van der Waals surface area contributed by atoms with Crippen LogP contribution in [0.4, 0.5) is 5.69 Å². The van der Waals surface area contributed by atoms with E-state index in [1.54, 1.807) is 24.3 Å². The number of hydrogen-bond donors (Lipinski definition) is 1. The molecule has 0 unspecified atom stereocenters. The first-order valence-corrected chi connectivity index (χ1v) is 11.0. The van der Waals surface area contributed by atoms with Gasteiger partial charge in [-0.15, -0.1) is 10.2 Å². The van der Waals surface area contributed by atoms with Crippen molar-refractivity contribution in [3.05, 3.63) is 94.1 Å². The van der Waals surface area contributed by atoms with Crippen LogP contribution in [0.15, 0.2) is 72.9 Å². The summed E-state index contributed by atoms with van der Waals surface area (Å²) in [5, 5.41) is 11.2. The number of amides is 1. The minimum atomic E-state index is -0.619. The lowest BCUT2D eigenvalue weighted by Crippen LogP contribution is -2.11. The first-order valence-electron chi connectivity index (χ1n) is 10.2. The predicted molar refractivity (Wildman–Crippen MR) is 124 cm³/mol. The average Bonchev–Trinajstić information content (AvgIpc) is 3.33. The molecule has 2 aromatic heterocycles. The Morgan fingerprint density at radius 2 is 1.76 bits per heavy atom. The fourth-order valence-electron chi connectivity index (χ4n) is 2.84. The molecule has 0 aliphatic rings. The van der Waals surface area contributed by atoms with Crippen LogP contribution in [0.2, 0.25) is 0 Å². The van der Waals surface area contributed by atoms with Gasteiger partial charge in [-0.1, -0.05) is 48.6 Å². The van der Waals surface area contributed by atoms with Gasteiger partial charge in [-0.2, -0.15) is 0 Å². The number of anilines is 1. The zero-order valence-electron chi connectivity index (χ0n) is 17.7. The van der Waals surface area contributed by atoms with Gasteiger partial charge < -0.3 is 14.8 Å². The molecule has 0 bridgehead atoms. The molecule has 0 spiro atoms. The summed E-state index contributed by atoms with van der Waals surface area (Å²) in [5.74, 6) is -0.305. The maximum Gasteiger partial charge on any atom is 0.344 e. The summed E-state index contributed by atoms with van der Waals surface area (Å²) >= 11 is 1.05. The zero-order chi connectivity index (χ0) is 23.0. The van der Waals surface area contributed by atoms with Crippen LogP contribution in [0.3, 0.4) is 0 Å². The van der Waals surface area contributed by atoms with E-state index in [1.165, 1.54) is 11.8 Å². The first kappa shape index (κ1) is 22.1. The van der Waals surface area contributed by atoms with Crippen LogP contribution in [0.1, 0.15) is 37.7 Å². The number of aromatic nitrogens is 3. The topological polar surface area (TPSA) is 103 Å². The molecule has 166 valence electrons. The number of esters is 1. The lowest BCUT2D eigenvalue weighted by molar-refractivity contribution is 0.0468. The van der Waals surface area contributed by atoms with Crippen molar-refractivity contribution < 1.29 is 19.1 Å². The van der Waals surface area contributed by atoms with Gasteiger partial charge in [0.2, 0.25) is 10.9 Å². The Morgan fingerprint density at radius 1 is 0.970 bits per heavy atom. The molecule has 2 aromatic carbocycles. The minimum Gasteiger partial charge on any atom is -0.454 e. The molecule has 0 fully saturated rings. The SMILES string of the molecule is CCc1ccc(NC(=O)c2nnc(COC(=O)c3cccnc3Oc3ccccc3)s2)cc1. The maximum absolute atomic E-state index is 12.6. The Bertz CT molecular complexity index is 1240. The maximum atomic E-state index is 12.6. The summed E-state index contributed by atoms with van der Waals surface area (Å²) in [6.07, 6.45) is 2.45. The molecule has 4 aromatic rings. The second kappa shape index (κ2) is 10.5. The van der Waals surface area contributed by atoms with Crippen molar-refractivity contribution in [2.24, 2.45) is 0 Å². The van der Waals surface area contributed by atoms with E-state index in [-0.39, 0.29) is 29.0 Å². The van der Waals surface area contributed by atoms with Crippen molar-refractivity contribution in [1.82, 2.24) is 15.2 Å². The molecule has 0 aliphatic heterocycles. The number of benzene rings is 2. The molecule has 4 rings (SSSR count). The second-order valence-corrected chi connectivity index (χ2v) is 7.91. The molecule has 8 nitrogen and oxygen atoms in total. The summed E-state index contributed by atoms with van der Waals surface area (Å²) in [5.41, 5.74) is 2.03. The van der Waals surface area contributed by atoms with E-state index in [9.17, 15) is 9.59 Å². The third-order valence-corrected chi connectivity index (χ3v) is 5.45. The van der Waals surface area contributed by atoms with Crippen molar-refractivity contribution in [1.29, 1.82) is 0 Å². The fraction of sp³-hybridized carbons (Fsp3) is 0.125. The molecule has 0 radical (unpaired) electrons. The van der Waals surface area contributed by atoms with Crippen molar-refractivity contribution >= 4 is 28.9 Å². The standard InChI is InChI=1S/C24H20N4O4S/c1-2-16-10-12-17(13-11-16)26-21(29)23-28-27-20(33-23)15-31-24(30)19-9-6-14-25-22(19)32-18-7-4-3-5-8-18/h3-14H,2,15H2,1H3,(H,26,29). The molecule has 33 heavy (non-hydrogen) atoms.